The molecule has 1 heterocycles. The normalized spacial score (nSPS) is 12.4. The van der Waals surface area contributed by atoms with Crippen molar-refractivity contribution < 1.29 is 21.6 Å². The van der Waals surface area contributed by atoms with Gasteiger partial charge in [-0.3, -0.25) is 4.98 Å². The van der Waals surface area contributed by atoms with Gasteiger partial charge in [-0.25, -0.2) is 8.42 Å². The minimum absolute atomic E-state index is 0.242. The second-order valence-corrected chi connectivity index (χ2v) is 7.22. The van der Waals surface area contributed by atoms with Gasteiger partial charge >= 0.3 is 6.18 Å². The summed E-state index contributed by atoms with van der Waals surface area (Å²) in [6, 6.07) is 7.00. The van der Waals surface area contributed by atoms with Crippen LogP contribution in [0.15, 0.2) is 58.6 Å². The third-order valence-corrected chi connectivity index (χ3v) is 5.56. The van der Waals surface area contributed by atoms with Gasteiger partial charge < -0.3 is 11.5 Å². The lowest BCUT2D eigenvalue weighted by atomic mass is 10.1. The lowest BCUT2D eigenvalue weighted by Crippen LogP contribution is -2.15. The van der Waals surface area contributed by atoms with Gasteiger partial charge in [-0.2, -0.15) is 13.2 Å². The molecule has 1 aromatic heterocycles. The number of anilines is 2. The molecular weight excluding hydrogens is 355 g/mol. The van der Waals surface area contributed by atoms with Crippen molar-refractivity contribution >= 4 is 32.0 Å². The molecule has 0 aliphatic rings. The first-order valence-corrected chi connectivity index (χ1v) is 8.44. The number of alkyl halides is 3. The number of rotatable bonds is 2. The van der Waals surface area contributed by atoms with E-state index in [0.29, 0.717) is 11.5 Å². The standard InChI is InChI=1S/C16H12F3N3O2S/c17-16(18,19)11-6-12(20)13(21)7-15(11)25(23,24)14-3-1-2-9-8-22-5-4-10(9)14/h1-8H,20-21H2. The molecule has 0 spiro atoms. The van der Waals surface area contributed by atoms with Gasteiger partial charge in [0.15, 0.2) is 0 Å². The molecule has 0 saturated carbocycles. The van der Waals surface area contributed by atoms with Crippen LogP contribution >= 0.6 is 0 Å². The molecule has 3 aromatic rings. The van der Waals surface area contributed by atoms with Crippen LogP contribution in [-0.2, 0) is 16.0 Å². The summed E-state index contributed by atoms with van der Waals surface area (Å²) in [5.74, 6) is 0. The second-order valence-electron chi connectivity index (χ2n) is 5.33. The monoisotopic (exact) mass is 367 g/mol. The highest BCUT2D eigenvalue weighted by molar-refractivity contribution is 7.91. The second kappa shape index (κ2) is 5.62. The molecule has 2 aromatic carbocycles. The van der Waals surface area contributed by atoms with Crippen LogP contribution in [0.2, 0.25) is 0 Å². The van der Waals surface area contributed by atoms with Gasteiger partial charge in [-0.1, -0.05) is 12.1 Å². The highest BCUT2D eigenvalue weighted by Gasteiger charge is 2.38. The topological polar surface area (TPSA) is 99.1 Å². The molecule has 0 aliphatic heterocycles. The summed E-state index contributed by atoms with van der Waals surface area (Å²) in [6.45, 7) is 0. The third-order valence-electron chi connectivity index (χ3n) is 3.71. The number of pyridine rings is 1. The number of halogens is 3. The number of aromatic nitrogens is 1. The number of hydrogen-bond donors (Lipinski definition) is 2. The Kier molecular flexibility index (Phi) is 3.83. The average molecular weight is 367 g/mol. The van der Waals surface area contributed by atoms with E-state index in [1.165, 1.54) is 30.6 Å². The lowest BCUT2D eigenvalue weighted by Gasteiger charge is -2.16. The fourth-order valence-corrected chi connectivity index (χ4v) is 4.22. The van der Waals surface area contributed by atoms with Gasteiger partial charge in [0, 0.05) is 23.2 Å². The summed E-state index contributed by atoms with van der Waals surface area (Å²) in [6.07, 6.45) is -2.11. The fourth-order valence-electron chi connectivity index (χ4n) is 2.50. The summed E-state index contributed by atoms with van der Waals surface area (Å²) in [5.41, 5.74) is 9.05. The number of nitrogen functional groups attached to an aromatic ring is 2. The van der Waals surface area contributed by atoms with Crippen molar-refractivity contribution in [3.63, 3.8) is 0 Å². The minimum Gasteiger partial charge on any atom is -0.397 e. The molecule has 0 bridgehead atoms. The van der Waals surface area contributed by atoms with Crippen LogP contribution < -0.4 is 11.5 Å². The van der Waals surface area contributed by atoms with Crippen LogP contribution in [0.25, 0.3) is 10.8 Å². The van der Waals surface area contributed by atoms with Crippen LogP contribution in [0.4, 0.5) is 24.5 Å². The van der Waals surface area contributed by atoms with Crippen LogP contribution in [-0.4, -0.2) is 13.4 Å². The first-order chi connectivity index (χ1) is 11.6. The molecule has 0 amide bonds. The summed E-state index contributed by atoms with van der Waals surface area (Å²) < 4.78 is 66.0. The van der Waals surface area contributed by atoms with Gasteiger partial charge in [-0.05, 0) is 24.3 Å². The molecule has 25 heavy (non-hydrogen) atoms. The molecule has 5 nitrogen and oxygen atoms in total. The van der Waals surface area contributed by atoms with Crippen molar-refractivity contribution in [1.82, 2.24) is 4.98 Å². The molecule has 0 fully saturated rings. The van der Waals surface area contributed by atoms with Gasteiger partial charge in [0.25, 0.3) is 0 Å². The van der Waals surface area contributed by atoms with E-state index < -0.39 is 26.5 Å². The van der Waals surface area contributed by atoms with E-state index in [-0.39, 0.29) is 21.7 Å². The molecule has 0 aliphatic carbocycles. The van der Waals surface area contributed by atoms with Crippen molar-refractivity contribution in [1.29, 1.82) is 0 Å². The largest absolute Gasteiger partial charge is 0.417 e. The SMILES string of the molecule is Nc1cc(C(F)(F)F)c(S(=O)(=O)c2cccc3cnccc23)cc1N. The first kappa shape index (κ1) is 17.0. The fraction of sp³-hybridized carbons (Fsp3) is 0.0625. The third kappa shape index (κ3) is 2.86. The quantitative estimate of drug-likeness (QED) is 0.678. The van der Waals surface area contributed by atoms with Gasteiger partial charge in [0.1, 0.15) is 0 Å². The summed E-state index contributed by atoms with van der Waals surface area (Å²) in [5, 5.41) is 0.751. The summed E-state index contributed by atoms with van der Waals surface area (Å²) in [7, 11) is -4.50. The minimum atomic E-state index is -4.91. The molecule has 0 unspecified atom stereocenters. The van der Waals surface area contributed by atoms with E-state index in [1.54, 1.807) is 6.07 Å². The van der Waals surface area contributed by atoms with Crippen LogP contribution in [0, 0.1) is 0 Å². The van der Waals surface area contributed by atoms with Crippen molar-refractivity contribution in [2.75, 3.05) is 11.5 Å². The number of nitrogens with zero attached hydrogens (tertiary/aromatic N) is 1. The Morgan fingerprint density at radius 2 is 1.64 bits per heavy atom. The van der Waals surface area contributed by atoms with Gasteiger partial charge in [0.2, 0.25) is 9.84 Å². The number of fused-ring (bicyclic) bond motifs is 1. The Morgan fingerprint density at radius 3 is 2.32 bits per heavy atom. The van der Waals surface area contributed by atoms with Crippen LogP contribution in [0.5, 0.6) is 0 Å². The smallest absolute Gasteiger partial charge is 0.397 e. The Bertz CT molecular complexity index is 1070. The van der Waals surface area contributed by atoms with E-state index in [4.69, 9.17) is 11.5 Å². The Morgan fingerprint density at radius 1 is 0.960 bits per heavy atom. The average Bonchev–Trinajstić information content (AvgIpc) is 2.55. The zero-order valence-corrected chi connectivity index (χ0v) is 13.4. The predicted molar refractivity (Wildman–Crippen MR) is 87.5 cm³/mol. The number of sulfone groups is 1. The Hall–Kier alpha value is -2.81. The highest BCUT2D eigenvalue weighted by Crippen LogP contribution is 2.40. The van der Waals surface area contributed by atoms with Crippen LogP contribution in [0.1, 0.15) is 5.56 Å². The number of benzene rings is 2. The zero-order chi connectivity index (χ0) is 18.4. The highest BCUT2D eigenvalue weighted by atomic mass is 32.2. The zero-order valence-electron chi connectivity index (χ0n) is 12.6. The maximum atomic E-state index is 13.3. The molecule has 0 atom stereocenters. The van der Waals surface area contributed by atoms with Crippen molar-refractivity contribution in [3.8, 4) is 0 Å². The number of hydrogen-bond acceptors (Lipinski definition) is 5. The summed E-state index contributed by atoms with van der Waals surface area (Å²) in [4.78, 5) is 2.68. The maximum Gasteiger partial charge on any atom is 0.417 e. The Labute approximate surface area is 141 Å². The van der Waals surface area contributed by atoms with Gasteiger partial charge in [0.05, 0.1) is 26.7 Å². The van der Waals surface area contributed by atoms with E-state index in [9.17, 15) is 21.6 Å². The molecule has 4 N–H and O–H groups in total. The molecule has 130 valence electrons. The molecule has 0 saturated heterocycles. The van der Waals surface area contributed by atoms with E-state index in [2.05, 4.69) is 4.98 Å². The van der Waals surface area contributed by atoms with Crippen molar-refractivity contribution in [3.05, 3.63) is 54.4 Å². The van der Waals surface area contributed by atoms with Crippen molar-refractivity contribution in [2.24, 2.45) is 0 Å². The van der Waals surface area contributed by atoms with E-state index in [1.807, 2.05) is 0 Å². The van der Waals surface area contributed by atoms with E-state index in [0.717, 1.165) is 6.07 Å². The molecule has 3 rings (SSSR count). The lowest BCUT2D eigenvalue weighted by molar-refractivity contribution is -0.139. The predicted octanol–water partition coefficient (Wildman–Crippen LogP) is 3.25. The van der Waals surface area contributed by atoms with E-state index >= 15 is 0 Å². The Balaban J connectivity index is 2.37. The molecule has 0 radical (unpaired) electrons. The van der Waals surface area contributed by atoms with Crippen LogP contribution in [0.3, 0.4) is 0 Å². The maximum absolute atomic E-state index is 13.3. The number of nitrogens with two attached hydrogens (primary N) is 2. The molecule has 9 heteroatoms. The summed E-state index contributed by atoms with van der Waals surface area (Å²) >= 11 is 0. The van der Waals surface area contributed by atoms with Crippen molar-refractivity contribution in [2.45, 2.75) is 16.0 Å². The first-order valence-electron chi connectivity index (χ1n) is 6.96. The molecular formula is C16H12F3N3O2S. The van der Waals surface area contributed by atoms with Gasteiger partial charge in [-0.15, -0.1) is 0 Å².